The lowest BCUT2D eigenvalue weighted by Crippen LogP contribution is -2.02. The molecular formula is C8H3BN2. The zero-order valence-electron chi connectivity index (χ0n) is 5.70. The maximum absolute atomic E-state index is 8.52. The molecule has 1 aromatic rings. The van der Waals surface area contributed by atoms with E-state index in [9.17, 15) is 0 Å². The van der Waals surface area contributed by atoms with Crippen molar-refractivity contribution < 1.29 is 0 Å². The second-order valence-corrected chi connectivity index (χ2v) is 2.03. The third-order valence-electron chi connectivity index (χ3n) is 1.28. The number of hydrogen-bond acceptors (Lipinski definition) is 2. The molecule has 0 amide bonds. The summed E-state index contributed by atoms with van der Waals surface area (Å²) in [4.78, 5) is 0. The molecular weight excluding hydrogens is 135 g/mol. The van der Waals surface area contributed by atoms with Crippen LogP contribution in [0.4, 0.5) is 0 Å². The highest BCUT2D eigenvalue weighted by atomic mass is 14.3. The van der Waals surface area contributed by atoms with Crippen LogP contribution in [0.3, 0.4) is 0 Å². The van der Waals surface area contributed by atoms with Crippen molar-refractivity contribution in [1.29, 1.82) is 10.5 Å². The maximum atomic E-state index is 8.52. The van der Waals surface area contributed by atoms with Crippen LogP contribution in [0.1, 0.15) is 11.1 Å². The Bertz CT molecular complexity index is 357. The molecule has 0 heterocycles. The standard InChI is InChI=1S/C8H3BN2/c9-8-2-1-6(4-10)7(3-8)5-11/h1-3H. The Labute approximate surface area is 66.1 Å². The smallest absolute Gasteiger partial charge is 0.113 e. The molecule has 0 saturated heterocycles. The molecule has 0 spiro atoms. The van der Waals surface area contributed by atoms with Crippen molar-refractivity contribution in [2.75, 3.05) is 0 Å². The topological polar surface area (TPSA) is 47.6 Å². The van der Waals surface area contributed by atoms with Gasteiger partial charge in [-0.1, -0.05) is 17.6 Å². The highest BCUT2D eigenvalue weighted by Gasteiger charge is 1.98. The Kier molecular flexibility index (Phi) is 1.94. The molecule has 0 unspecified atom stereocenters. The zero-order chi connectivity index (χ0) is 8.27. The molecule has 0 aliphatic heterocycles. The number of nitrogens with zero attached hydrogens (tertiary/aromatic N) is 2. The van der Waals surface area contributed by atoms with E-state index in [2.05, 4.69) is 0 Å². The van der Waals surface area contributed by atoms with Gasteiger partial charge in [0.25, 0.3) is 0 Å². The Morgan fingerprint density at radius 3 is 2.27 bits per heavy atom. The fourth-order valence-corrected chi connectivity index (χ4v) is 0.752. The quantitative estimate of drug-likeness (QED) is 0.481. The van der Waals surface area contributed by atoms with E-state index in [-0.39, 0.29) is 0 Å². The normalized spacial score (nSPS) is 8.18. The van der Waals surface area contributed by atoms with Crippen molar-refractivity contribution in [1.82, 2.24) is 0 Å². The first-order valence-corrected chi connectivity index (χ1v) is 2.97. The third kappa shape index (κ3) is 1.39. The predicted molar refractivity (Wildman–Crippen MR) is 41.3 cm³/mol. The van der Waals surface area contributed by atoms with Gasteiger partial charge >= 0.3 is 0 Å². The molecule has 1 rings (SSSR count). The van der Waals surface area contributed by atoms with Gasteiger partial charge < -0.3 is 0 Å². The summed E-state index contributed by atoms with van der Waals surface area (Å²) >= 11 is 0. The minimum atomic E-state index is 0.326. The average molecular weight is 138 g/mol. The first kappa shape index (κ1) is 7.37. The summed E-state index contributed by atoms with van der Waals surface area (Å²) in [5.74, 6) is 0. The van der Waals surface area contributed by atoms with Crippen molar-refractivity contribution in [3.63, 3.8) is 0 Å². The summed E-state index contributed by atoms with van der Waals surface area (Å²) < 4.78 is 0. The molecule has 0 aliphatic rings. The van der Waals surface area contributed by atoms with Crippen molar-refractivity contribution in [3.8, 4) is 12.1 Å². The summed E-state index contributed by atoms with van der Waals surface area (Å²) in [5, 5.41) is 17.0. The lowest BCUT2D eigenvalue weighted by Gasteiger charge is -1.94. The highest BCUT2D eigenvalue weighted by molar-refractivity contribution is 6.32. The monoisotopic (exact) mass is 138 g/mol. The number of rotatable bonds is 0. The Morgan fingerprint density at radius 2 is 1.73 bits per heavy atom. The first-order valence-electron chi connectivity index (χ1n) is 2.97. The third-order valence-corrected chi connectivity index (χ3v) is 1.28. The van der Waals surface area contributed by atoms with Crippen LogP contribution in [0.2, 0.25) is 0 Å². The SMILES string of the molecule is [B]c1ccc(C#N)c(C#N)c1. The fraction of sp³-hybridized carbons (Fsp3) is 0. The van der Waals surface area contributed by atoms with Crippen molar-refractivity contribution >= 4 is 13.3 Å². The largest absolute Gasteiger partial charge is 0.192 e. The van der Waals surface area contributed by atoms with Gasteiger partial charge in [0.2, 0.25) is 0 Å². The van der Waals surface area contributed by atoms with E-state index in [1.807, 2.05) is 12.1 Å². The lowest BCUT2D eigenvalue weighted by molar-refractivity contribution is 1.44. The molecule has 11 heavy (non-hydrogen) atoms. The lowest BCUT2D eigenvalue weighted by atomic mass is 9.93. The highest BCUT2D eigenvalue weighted by Crippen LogP contribution is 2.02. The average Bonchev–Trinajstić information content (AvgIpc) is 2.04. The number of benzene rings is 1. The summed E-state index contributed by atoms with van der Waals surface area (Å²) in [6, 6.07) is 8.40. The van der Waals surface area contributed by atoms with Crippen molar-refractivity contribution in [3.05, 3.63) is 29.3 Å². The summed E-state index contributed by atoms with van der Waals surface area (Å²) in [6.45, 7) is 0. The Balaban J connectivity index is 3.34. The molecule has 0 saturated carbocycles. The van der Waals surface area contributed by atoms with Gasteiger partial charge in [-0.15, -0.1) is 0 Å². The van der Waals surface area contributed by atoms with Gasteiger partial charge in [-0.05, 0) is 6.07 Å². The Hall–Kier alpha value is -1.74. The molecule has 2 nitrogen and oxygen atoms in total. The van der Waals surface area contributed by atoms with Gasteiger partial charge in [-0.25, -0.2) is 0 Å². The molecule has 0 aromatic heterocycles. The second-order valence-electron chi connectivity index (χ2n) is 2.03. The predicted octanol–water partition coefficient (Wildman–Crippen LogP) is 0.224. The summed E-state index contributed by atoms with van der Waals surface area (Å²) in [7, 11) is 5.40. The van der Waals surface area contributed by atoms with Crippen LogP contribution in [-0.2, 0) is 0 Å². The van der Waals surface area contributed by atoms with Crippen molar-refractivity contribution in [2.24, 2.45) is 0 Å². The molecule has 3 heteroatoms. The van der Waals surface area contributed by atoms with E-state index in [0.29, 0.717) is 16.6 Å². The zero-order valence-corrected chi connectivity index (χ0v) is 5.70. The van der Waals surface area contributed by atoms with Crippen LogP contribution in [0.5, 0.6) is 0 Å². The van der Waals surface area contributed by atoms with Gasteiger partial charge in [0.05, 0.1) is 11.1 Å². The van der Waals surface area contributed by atoms with Gasteiger partial charge in [-0.3, -0.25) is 0 Å². The van der Waals surface area contributed by atoms with Crippen LogP contribution in [0, 0.1) is 22.7 Å². The van der Waals surface area contributed by atoms with Crippen LogP contribution in [-0.4, -0.2) is 7.85 Å². The molecule has 0 fully saturated rings. The minimum Gasteiger partial charge on any atom is -0.192 e. The molecule has 0 atom stereocenters. The van der Waals surface area contributed by atoms with Gasteiger partial charge in [0.1, 0.15) is 20.0 Å². The molecule has 0 bridgehead atoms. The molecule has 2 radical (unpaired) electrons. The molecule has 0 aliphatic carbocycles. The summed E-state index contributed by atoms with van der Waals surface area (Å²) in [6.07, 6.45) is 0. The van der Waals surface area contributed by atoms with E-state index in [4.69, 9.17) is 18.4 Å². The van der Waals surface area contributed by atoms with E-state index < -0.39 is 0 Å². The molecule has 48 valence electrons. The van der Waals surface area contributed by atoms with Gasteiger partial charge in [0.15, 0.2) is 0 Å². The maximum Gasteiger partial charge on any atom is 0.113 e. The summed E-state index contributed by atoms with van der Waals surface area (Å²) in [5.41, 5.74) is 1.19. The van der Waals surface area contributed by atoms with Crippen LogP contribution in [0.15, 0.2) is 18.2 Å². The first-order chi connectivity index (χ1) is 5.27. The van der Waals surface area contributed by atoms with Gasteiger partial charge in [0, 0.05) is 0 Å². The van der Waals surface area contributed by atoms with E-state index in [0.717, 1.165) is 0 Å². The van der Waals surface area contributed by atoms with Gasteiger partial charge in [-0.2, -0.15) is 10.5 Å². The fourth-order valence-electron chi connectivity index (χ4n) is 0.752. The van der Waals surface area contributed by atoms with Crippen LogP contribution in [0.25, 0.3) is 0 Å². The van der Waals surface area contributed by atoms with E-state index in [1.165, 1.54) is 12.1 Å². The van der Waals surface area contributed by atoms with E-state index >= 15 is 0 Å². The minimum absolute atomic E-state index is 0.326. The number of hydrogen-bond donors (Lipinski definition) is 0. The van der Waals surface area contributed by atoms with Crippen molar-refractivity contribution in [2.45, 2.75) is 0 Å². The Morgan fingerprint density at radius 1 is 1.09 bits per heavy atom. The molecule has 0 N–H and O–H groups in total. The van der Waals surface area contributed by atoms with E-state index in [1.54, 1.807) is 6.07 Å². The second kappa shape index (κ2) is 2.90. The van der Waals surface area contributed by atoms with Crippen LogP contribution < -0.4 is 5.46 Å². The molecule has 1 aromatic carbocycles. The van der Waals surface area contributed by atoms with Crippen LogP contribution >= 0.6 is 0 Å². The number of nitriles is 2.